The van der Waals surface area contributed by atoms with Crippen LogP contribution in [-0.2, 0) is 0 Å². The zero-order chi connectivity index (χ0) is 18.6. The molecule has 0 heterocycles. The molecule has 0 radical (unpaired) electrons. The molecule has 0 fully saturated rings. The maximum absolute atomic E-state index is 5.78. The highest BCUT2D eigenvalue weighted by atomic mass is 16.7. The van der Waals surface area contributed by atoms with Crippen molar-refractivity contribution in [3.8, 4) is 17.2 Å². The van der Waals surface area contributed by atoms with E-state index >= 15 is 0 Å². The van der Waals surface area contributed by atoms with Crippen molar-refractivity contribution in [3.05, 3.63) is 91.0 Å². The first-order valence-corrected chi connectivity index (χ1v) is 8.39. The van der Waals surface area contributed by atoms with E-state index in [0.29, 0.717) is 17.2 Å². The van der Waals surface area contributed by atoms with Crippen molar-refractivity contribution in [2.75, 3.05) is 21.1 Å². The van der Waals surface area contributed by atoms with Crippen LogP contribution in [0.25, 0.3) is 0 Å². The Morgan fingerprint density at radius 2 is 0.731 bits per heavy atom. The standard InChI is InChI=1S/C18H15BO3.C3H9N/c1-4-10-16(11-5-1)20-19(21-17-12-6-2-7-13-17)22-18-14-8-3-9-15-18;1-4(2)3/h1-15H;1-3H3. The van der Waals surface area contributed by atoms with E-state index in [1.54, 1.807) is 0 Å². The summed E-state index contributed by atoms with van der Waals surface area (Å²) >= 11 is 0. The van der Waals surface area contributed by atoms with Crippen molar-refractivity contribution >= 4 is 7.32 Å². The van der Waals surface area contributed by atoms with E-state index in [0.717, 1.165) is 0 Å². The van der Waals surface area contributed by atoms with Gasteiger partial charge >= 0.3 is 7.32 Å². The van der Waals surface area contributed by atoms with E-state index < -0.39 is 7.32 Å². The van der Waals surface area contributed by atoms with Gasteiger partial charge in [-0.3, -0.25) is 0 Å². The molecular weight excluding hydrogens is 325 g/mol. The molecule has 0 saturated carbocycles. The first kappa shape index (κ1) is 19.4. The first-order valence-electron chi connectivity index (χ1n) is 8.39. The molecule has 0 amide bonds. The summed E-state index contributed by atoms with van der Waals surface area (Å²) in [6.45, 7) is 0. The van der Waals surface area contributed by atoms with Crippen LogP contribution in [-0.4, -0.2) is 33.4 Å². The Kier molecular flexibility index (Phi) is 8.10. The minimum atomic E-state index is -0.868. The average molecular weight is 349 g/mol. The average Bonchev–Trinajstić information content (AvgIpc) is 2.64. The van der Waals surface area contributed by atoms with Crippen LogP contribution in [0.1, 0.15) is 0 Å². The lowest BCUT2D eigenvalue weighted by Gasteiger charge is -2.16. The van der Waals surface area contributed by atoms with Gasteiger partial charge in [0.25, 0.3) is 0 Å². The molecular formula is C21H24BNO3. The summed E-state index contributed by atoms with van der Waals surface area (Å²) in [4.78, 5) is 2.00. The summed E-state index contributed by atoms with van der Waals surface area (Å²) in [6.07, 6.45) is 0. The van der Waals surface area contributed by atoms with Crippen LogP contribution in [0.5, 0.6) is 17.2 Å². The quantitative estimate of drug-likeness (QED) is 0.618. The molecule has 0 aliphatic carbocycles. The lowest BCUT2D eigenvalue weighted by molar-refractivity contribution is 0.307. The Balaban J connectivity index is 0.000000552. The van der Waals surface area contributed by atoms with E-state index in [1.807, 2.05) is 117 Å². The molecule has 0 unspecified atom stereocenters. The predicted octanol–water partition coefficient (Wildman–Crippen LogP) is 4.39. The van der Waals surface area contributed by atoms with Gasteiger partial charge in [-0.2, -0.15) is 0 Å². The third-order valence-electron chi connectivity index (χ3n) is 2.93. The van der Waals surface area contributed by atoms with Crippen LogP contribution in [0, 0.1) is 0 Å². The van der Waals surface area contributed by atoms with Gasteiger partial charge < -0.3 is 18.9 Å². The van der Waals surface area contributed by atoms with Gasteiger partial charge in [0.1, 0.15) is 17.2 Å². The predicted molar refractivity (Wildman–Crippen MR) is 107 cm³/mol. The lowest BCUT2D eigenvalue weighted by atomic mass is 10.2. The Morgan fingerprint density at radius 3 is 0.962 bits per heavy atom. The Hall–Kier alpha value is -2.92. The van der Waals surface area contributed by atoms with Gasteiger partial charge in [-0.05, 0) is 57.5 Å². The number of nitrogens with zero attached hydrogens (tertiary/aromatic N) is 1. The lowest BCUT2D eigenvalue weighted by Crippen LogP contribution is -2.36. The summed E-state index contributed by atoms with van der Waals surface area (Å²) in [7, 11) is 5.13. The largest absolute Gasteiger partial charge is 0.864 e. The molecule has 134 valence electrons. The van der Waals surface area contributed by atoms with Crippen LogP contribution in [0.3, 0.4) is 0 Å². The highest BCUT2D eigenvalue weighted by Crippen LogP contribution is 2.17. The third-order valence-corrected chi connectivity index (χ3v) is 2.93. The summed E-state index contributed by atoms with van der Waals surface area (Å²) in [5.41, 5.74) is 0. The van der Waals surface area contributed by atoms with Gasteiger partial charge in [0.15, 0.2) is 0 Å². The molecule has 4 nitrogen and oxygen atoms in total. The molecule has 26 heavy (non-hydrogen) atoms. The van der Waals surface area contributed by atoms with Crippen molar-refractivity contribution in [1.29, 1.82) is 0 Å². The van der Waals surface area contributed by atoms with Gasteiger partial charge in [-0.25, -0.2) is 0 Å². The molecule has 3 rings (SSSR count). The van der Waals surface area contributed by atoms with Gasteiger partial charge in [0, 0.05) is 0 Å². The fraction of sp³-hybridized carbons (Fsp3) is 0.143. The number of hydrogen-bond donors (Lipinski definition) is 0. The summed E-state index contributed by atoms with van der Waals surface area (Å²) in [6, 6.07) is 28.3. The zero-order valence-corrected chi connectivity index (χ0v) is 15.4. The number of para-hydroxylation sites is 3. The second kappa shape index (κ2) is 10.8. The van der Waals surface area contributed by atoms with Crippen molar-refractivity contribution < 1.29 is 14.0 Å². The Bertz CT molecular complexity index is 623. The summed E-state index contributed by atoms with van der Waals surface area (Å²) < 4.78 is 17.3. The molecule has 0 aromatic heterocycles. The monoisotopic (exact) mass is 349 g/mol. The fourth-order valence-corrected chi connectivity index (χ4v) is 1.90. The minimum Gasteiger partial charge on any atom is -0.490 e. The topological polar surface area (TPSA) is 30.9 Å². The maximum Gasteiger partial charge on any atom is 0.864 e. The summed E-state index contributed by atoms with van der Waals surface area (Å²) in [5.74, 6) is 2.04. The fourth-order valence-electron chi connectivity index (χ4n) is 1.90. The van der Waals surface area contributed by atoms with E-state index in [9.17, 15) is 0 Å². The minimum absolute atomic E-state index is 0.680. The van der Waals surface area contributed by atoms with Crippen LogP contribution in [0.15, 0.2) is 91.0 Å². The normalized spacial score (nSPS) is 9.69. The number of hydrogen-bond acceptors (Lipinski definition) is 4. The van der Waals surface area contributed by atoms with Crippen molar-refractivity contribution in [2.24, 2.45) is 0 Å². The van der Waals surface area contributed by atoms with Crippen molar-refractivity contribution in [2.45, 2.75) is 0 Å². The smallest absolute Gasteiger partial charge is 0.490 e. The van der Waals surface area contributed by atoms with E-state index in [-0.39, 0.29) is 0 Å². The molecule has 0 bridgehead atoms. The van der Waals surface area contributed by atoms with E-state index in [4.69, 9.17) is 14.0 Å². The molecule has 0 N–H and O–H groups in total. The second-order valence-corrected chi connectivity index (χ2v) is 5.92. The molecule has 0 aliphatic rings. The summed E-state index contributed by atoms with van der Waals surface area (Å²) in [5, 5.41) is 0. The van der Waals surface area contributed by atoms with Crippen molar-refractivity contribution in [1.82, 2.24) is 4.90 Å². The molecule has 0 aliphatic heterocycles. The van der Waals surface area contributed by atoms with Crippen LogP contribution in [0.2, 0.25) is 0 Å². The van der Waals surface area contributed by atoms with Crippen molar-refractivity contribution in [3.63, 3.8) is 0 Å². The van der Waals surface area contributed by atoms with E-state index in [2.05, 4.69) is 0 Å². The maximum atomic E-state index is 5.78. The molecule has 3 aromatic rings. The molecule has 0 atom stereocenters. The molecule has 0 spiro atoms. The molecule has 3 aromatic carbocycles. The van der Waals surface area contributed by atoms with Crippen LogP contribution in [0.4, 0.5) is 0 Å². The SMILES string of the molecule is CN(C)C.c1ccc(OB(Oc2ccccc2)Oc2ccccc2)cc1. The zero-order valence-electron chi connectivity index (χ0n) is 15.4. The van der Waals surface area contributed by atoms with Gasteiger partial charge in [0.05, 0.1) is 0 Å². The number of rotatable bonds is 6. The van der Waals surface area contributed by atoms with E-state index in [1.165, 1.54) is 0 Å². The first-order chi connectivity index (χ1) is 12.6. The molecule has 0 saturated heterocycles. The van der Waals surface area contributed by atoms with Gasteiger partial charge in [0.2, 0.25) is 0 Å². The Labute approximate surface area is 156 Å². The highest BCUT2D eigenvalue weighted by molar-refractivity contribution is 6.39. The van der Waals surface area contributed by atoms with Gasteiger partial charge in [-0.15, -0.1) is 0 Å². The molecule has 5 heteroatoms. The highest BCUT2D eigenvalue weighted by Gasteiger charge is 2.29. The third kappa shape index (κ3) is 7.77. The van der Waals surface area contributed by atoms with Crippen LogP contribution < -0.4 is 14.0 Å². The van der Waals surface area contributed by atoms with Gasteiger partial charge in [-0.1, -0.05) is 54.6 Å². The Morgan fingerprint density at radius 1 is 0.500 bits per heavy atom. The number of benzene rings is 3. The second-order valence-electron chi connectivity index (χ2n) is 5.92. The van der Waals surface area contributed by atoms with Crippen LogP contribution >= 0.6 is 0 Å².